The van der Waals surface area contributed by atoms with E-state index in [-0.39, 0.29) is 6.10 Å². The molecule has 5 heteroatoms. The predicted molar refractivity (Wildman–Crippen MR) is 88.8 cm³/mol. The monoisotopic (exact) mass is 356 g/mol. The van der Waals surface area contributed by atoms with Gasteiger partial charge >= 0.3 is 0 Å². The maximum atomic E-state index is 5.90. The highest BCUT2D eigenvalue weighted by atomic mass is 79.9. The van der Waals surface area contributed by atoms with Gasteiger partial charge in [0.2, 0.25) is 0 Å². The molecule has 0 spiro atoms. The third-order valence-electron chi connectivity index (χ3n) is 3.50. The van der Waals surface area contributed by atoms with E-state index >= 15 is 0 Å². The van der Waals surface area contributed by atoms with Crippen LogP contribution >= 0.6 is 15.9 Å². The van der Waals surface area contributed by atoms with Crippen molar-refractivity contribution < 1.29 is 9.47 Å². The Bertz CT molecular complexity index is 454. The lowest BCUT2D eigenvalue weighted by atomic mass is 10.2. The van der Waals surface area contributed by atoms with Gasteiger partial charge in [0.05, 0.1) is 6.61 Å². The van der Waals surface area contributed by atoms with Crippen LogP contribution in [0.25, 0.3) is 0 Å². The Labute approximate surface area is 135 Å². The van der Waals surface area contributed by atoms with Gasteiger partial charge in [-0.15, -0.1) is 0 Å². The van der Waals surface area contributed by atoms with Gasteiger partial charge in [0.25, 0.3) is 0 Å². The predicted octanol–water partition coefficient (Wildman–Crippen LogP) is 2.66. The zero-order valence-electron chi connectivity index (χ0n) is 13.1. The minimum atomic E-state index is 0.157. The summed E-state index contributed by atoms with van der Waals surface area (Å²) in [7, 11) is 2.12. The molecule has 2 rings (SSSR count). The van der Waals surface area contributed by atoms with Crippen LogP contribution in [0, 0.1) is 0 Å². The molecular formula is C16H25BrN2O2. The van der Waals surface area contributed by atoms with Gasteiger partial charge in [-0.1, -0.05) is 29.8 Å². The number of likely N-dealkylation sites (N-methyl/N-ethyl adjacent to an activating group) is 1. The molecule has 1 aromatic rings. The molecule has 1 atom stereocenters. The van der Waals surface area contributed by atoms with Crippen LogP contribution in [0.3, 0.4) is 0 Å². The minimum Gasteiger partial charge on any atom is -0.491 e. The number of hydrogen-bond donors (Lipinski definition) is 1. The van der Waals surface area contributed by atoms with E-state index in [2.05, 4.69) is 53.1 Å². The molecule has 0 saturated carbocycles. The highest BCUT2D eigenvalue weighted by Crippen LogP contribution is 2.23. The number of ether oxygens (including phenoxy) is 2. The van der Waals surface area contributed by atoms with E-state index in [1.165, 1.54) is 5.56 Å². The largest absolute Gasteiger partial charge is 0.491 e. The first-order valence-corrected chi connectivity index (χ1v) is 8.28. The van der Waals surface area contributed by atoms with Crippen molar-refractivity contribution in [1.82, 2.24) is 10.2 Å². The fourth-order valence-electron chi connectivity index (χ4n) is 2.25. The fourth-order valence-corrected chi connectivity index (χ4v) is 2.63. The molecule has 4 nitrogen and oxygen atoms in total. The van der Waals surface area contributed by atoms with Crippen molar-refractivity contribution in [2.24, 2.45) is 0 Å². The SMILES string of the molecule is CC(C)NCc1cc(OCC2CN(C)CCO2)ccc1Br. The summed E-state index contributed by atoms with van der Waals surface area (Å²) < 4.78 is 12.7. The second-order valence-electron chi connectivity index (χ2n) is 5.85. The number of nitrogens with zero attached hydrogens (tertiary/aromatic N) is 1. The van der Waals surface area contributed by atoms with Crippen LogP contribution in [0.15, 0.2) is 22.7 Å². The first-order valence-electron chi connectivity index (χ1n) is 7.49. The van der Waals surface area contributed by atoms with E-state index in [9.17, 15) is 0 Å². The Hall–Kier alpha value is -0.620. The maximum absolute atomic E-state index is 5.90. The van der Waals surface area contributed by atoms with Crippen LogP contribution in [0.4, 0.5) is 0 Å². The normalized spacial score (nSPS) is 20.0. The molecular weight excluding hydrogens is 332 g/mol. The second kappa shape index (κ2) is 8.13. The van der Waals surface area contributed by atoms with Gasteiger partial charge in [-0.2, -0.15) is 0 Å². The van der Waals surface area contributed by atoms with Crippen LogP contribution in [0.5, 0.6) is 5.75 Å². The van der Waals surface area contributed by atoms with Gasteiger partial charge in [0.15, 0.2) is 0 Å². The zero-order chi connectivity index (χ0) is 15.2. The molecule has 1 heterocycles. The Morgan fingerprint density at radius 2 is 2.29 bits per heavy atom. The maximum Gasteiger partial charge on any atom is 0.119 e. The first kappa shape index (κ1) is 16.7. The van der Waals surface area contributed by atoms with E-state index in [4.69, 9.17) is 9.47 Å². The van der Waals surface area contributed by atoms with Crippen molar-refractivity contribution in [3.05, 3.63) is 28.2 Å². The average Bonchev–Trinajstić information content (AvgIpc) is 2.45. The Kier molecular flexibility index (Phi) is 6.48. The van der Waals surface area contributed by atoms with Gasteiger partial charge in [-0.25, -0.2) is 0 Å². The molecule has 1 N–H and O–H groups in total. The molecule has 0 bridgehead atoms. The second-order valence-corrected chi connectivity index (χ2v) is 6.71. The molecule has 118 valence electrons. The summed E-state index contributed by atoms with van der Waals surface area (Å²) in [6.07, 6.45) is 0.157. The quantitative estimate of drug-likeness (QED) is 0.849. The van der Waals surface area contributed by atoms with E-state index < -0.39 is 0 Å². The van der Waals surface area contributed by atoms with Crippen LogP contribution in [-0.4, -0.2) is 50.4 Å². The fraction of sp³-hybridized carbons (Fsp3) is 0.625. The van der Waals surface area contributed by atoms with Gasteiger partial charge in [-0.05, 0) is 30.8 Å². The Morgan fingerprint density at radius 3 is 3.00 bits per heavy atom. The molecule has 0 aromatic heterocycles. The van der Waals surface area contributed by atoms with Crippen LogP contribution < -0.4 is 10.1 Å². The summed E-state index contributed by atoms with van der Waals surface area (Å²) in [6, 6.07) is 6.59. The van der Waals surface area contributed by atoms with Gasteiger partial charge in [0, 0.05) is 30.1 Å². The molecule has 1 aliphatic rings. The molecule has 0 amide bonds. The van der Waals surface area contributed by atoms with Crippen molar-refractivity contribution in [3.63, 3.8) is 0 Å². The standard InChI is InChI=1S/C16H25BrN2O2/c1-12(2)18-9-13-8-14(4-5-16(13)17)21-11-15-10-19(3)6-7-20-15/h4-5,8,12,15,18H,6-7,9-11H2,1-3H3. The zero-order valence-corrected chi connectivity index (χ0v) is 14.6. The first-order chi connectivity index (χ1) is 10.0. The van der Waals surface area contributed by atoms with E-state index in [1.54, 1.807) is 0 Å². The van der Waals surface area contributed by atoms with E-state index in [0.717, 1.165) is 36.5 Å². The average molecular weight is 357 g/mol. The number of rotatable bonds is 6. The lowest BCUT2D eigenvalue weighted by molar-refractivity contribution is -0.0403. The van der Waals surface area contributed by atoms with Crippen molar-refractivity contribution >= 4 is 15.9 Å². The molecule has 21 heavy (non-hydrogen) atoms. The number of benzene rings is 1. The van der Waals surface area contributed by atoms with Crippen LogP contribution in [0.1, 0.15) is 19.4 Å². The van der Waals surface area contributed by atoms with Gasteiger partial charge in [-0.3, -0.25) is 0 Å². The molecule has 1 fully saturated rings. The smallest absolute Gasteiger partial charge is 0.119 e. The number of hydrogen-bond acceptors (Lipinski definition) is 4. The van der Waals surface area contributed by atoms with Crippen LogP contribution in [-0.2, 0) is 11.3 Å². The summed E-state index contributed by atoms with van der Waals surface area (Å²) in [6.45, 7) is 8.43. The molecule has 1 aliphatic heterocycles. The lowest BCUT2D eigenvalue weighted by Crippen LogP contribution is -2.42. The molecule has 1 unspecified atom stereocenters. The minimum absolute atomic E-state index is 0.157. The molecule has 0 radical (unpaired) electrons. The third-order valence-corrected chi connectivity index (χ3v) is 4.27. The molecule has 0 aliphatic carbocycles. The van der Waals surface area contributed by atoms with Gasteiger partial charge in [0.1, 0.15) is 18.5 Å². The summed E-state index contributed by atoms with van der Waals surface area (Å²) in [5.41, 5.74) is 1.21. The third kappa shape index (κ3) is 5.58. The number of halogens is 1. The summed E-state index contributed by atoms with van der Waals surface area (Å²) in [5, 5.41) is 3.42. The van der Waals surface area contributed by atoms with Crippen molar-refractivity contribution in [2.75, 3.05) is 33.4 Å². The molecule has 1 saturated heterocycles. The summed E-state index contributed by atoms with van der Waals surface area (Å²) >= 11 is 3.59. The summed E-state index contributed by atoms with van der Waals surface area (Å²) in [4.78, 5) is 2.27. The molecule has 1 aromatic carbocycles. The Balaban J connectivity index is 1.89. The number of nitrogens with one attached hydrogen (secondary N) is 1. The topological polar surface area (TPSA) is 33.7 Å². The van der Waals surface area contributed by atoms with E-state index in [0.29, 0.717) is 12.6 Å². The summed E-state index contributed by atoms with van der Waals surface area (Å²) in [5.74, 6) is 0.899. The van der Waals surface area contributed by atoms with Crippen molar-refractivity contribution in [1.29, 1.82) is 0 Å². The van der Waals surface area contributed by atoms with Crippen molar-refractivity contribution in [2.45, 2.75) is 32.5 Å². The van der Waals surface area contributed by atoms with Crippen LogP contribution in [0.2, 0.25) is 0 Å². The lowest BCUT2D eigenvalue weighted by Gasteiger charge is -2.29. The van der Waals surface area contributed by atoms with Crippen molar-refractivity contribution in [3.8, 4) is 5.75 Å². The highest BCUT2D eigenvalue weighted by Gasteiger charge is 2.18. The van der Waals surface area contributed by atoms with Gasteiger partial charge < -0.3 is 19.7 Å². The number of morpholine rings is 1. The van der Waals surface area contributed by atoms with E-state index in [1.807, 2.05) is 12.1 Å². The Morgan fingerprint density at radius 1 is 1.48 bits per heavy atom. The highest BCUT2D eigenvalue weighted by molar-refractivity contribution is 9.10.